The summed E-state index contributed by atoms with van der Waals surface area (Å²) in [4.78, 5) is 12.5. The summed E-state index contributed by atoms with van der Waals surface area (Å²) >= 11 is 0. The Kier molecular flexibility index (Phi) is 3.97. The van der Waals surface area contributed by atoms with Crippen molar-refractivity contribution in [3.8, 4) is 0 Å². The van der Waals surface area contributed by atoms with Crippen LogP contribution in [0.5, 0.6) is 0 Å². The van der Waals surface area contributed by atoms with Gasteiger partial charge in [0, 0.05) is 25.1 Å². The van der Waals surface area contributed by atoms with E-state index in [0.717, 1.165) is 23.7 Å². The highest BCUT2D eigenvalue weighted by Crippen LogP contribution is 2.48. The highest BCUT2D eigenvalue weighted by Gasteiger charge is 2.38. The molecule has 0 radical (unpaired) electrons. The number of carbonyl (C=O) groups is 1. The summed E-state index contributed by atoms with van der Waals surface area (Å²) < 4.78 is 40.7. The van der Waals surface area contributed by atoms with E-state index in [1.807, 2.05) is 12.1 Å². The van der Waals surface area contributed by atoms with E-state index < -0.39 is 17.6 Å². The van der Waals surface area contributed by atoms with Gasteiger partial charge in [-0.1, -0.05) is 32.9 Å². The molecule has 1 aromatic carbocycles. The van der Waals surface area contributed by atoms with Gasteiger partial charge < -0.3 is 9.88 Å². The summed E-state index contributed by atoms with van der Waals surface area (Å²) in [6.07, 6.45) is -1.50. The van der Waals surface area contributed by atoms with E-state index in [2.05, 4.69) is 26.1 Å². The lowest BCUT2D eigenvalue weighted by atomic mass is 9.86. The van der Waals surface area contributed by atoms with E-state index >= 15 is 0 Å². The second kappa shape index (κ2) is 5.64. The molecule has 1 atom stereocenters. The molecule has 134 valence electrons. The van der Waals surface area contributed by atoms with Crippen LogP contribution in [0, 0.1) is 0 Å². The summed E-state index contributed by atoms with van der Waals surface area (Å²) in [6.45, 7) is 6.35. The molecule has 25 heavy (non-hydrogen) atoms. The van der Waals surface area contributed by atoms with Crippen LogP contribution in [0.15, 0.2) is 30.6 Å². The molecular weight excluding hydrogens is 329 g/mol. The van der Waals surface area contributed by atoms with Crippen LogP contribution in [-0.4, -0.2) is 10.5 Å². The number of alkyl halides is 3. The second-order valence-corrected chi connectivity index (χ2v) is 7.46. The van der Waals surface area contributed by atoms with Gasteiger partial charge in [0.15, 0.2) is 0 Å². The second-order valence-electron chi connectivity index (χ2n) is 7.46. The molecule has 0 bridgehead atoms. The molecule has 2 aromatic rings. The van der Waals surface area contributed by atoms with Gasteiger partial charge in [-0.3, -0.25) is 4.79 Å². The van der Waals surface area contributed by atoms with E-state index in [-0.39, 0.29) is 16.9 Å². The normalized spacial score (nSPS) is 18.9. The molecule has 0 spiro atoms. The number of hydrogen-bond donors (Lipinski definition) is 1. The van der Waals surface area contributed by atoms with Crippen molar-refractivity contribution in [2.24, 2.45) is 7.05 Å². The number of nitrogens with zero attached hydrogens (tertiary/aromatic N) is 1. The molecule has 1 aliphatic rings. The molecule has 0 saturated carbocycles. The van der Waals surface area contributed by atoms with E-state index in [9.17, 15) is 18.0 Å². The van der Waals surface area contributed by atoms with Crippen molar-refractivity contribution in [1.82, 2.24) is 4.57 Å². The predicted octanol–water partition coefficient (Wildman–Crippen LogP) is 5.08. The average molecular weight is 350 g/mol. The fourth-order valence-electron chi connectivity index (χ4n) is 3.95. The standard InChI is InChI=1S/C19H21F3N2O/c1-11-8-18(2,3)13-6-5-7-15(16(11)13)23-17(25)12-9-24(4)10-14(12)19(20,21)22/h5-7,9-11H,8H2,1-4H3,(H,23,25). The Balaban J connectivity index is 1.98. The Labute approximate surface area is 144 Å². The molecule has 6 heteroatoms. The SMILES string of the molecule is CC1CC(C)(C)c2cccc(NC(=O)c3cn(C)cc3C(F)(F)F)c21. The van der Waals surface area contributed by atoms with Crippen molar-refractivity contribution in [2.45, 2.75) is 44.7 Å². The lowest BCUT2D eigenvalue weighted by Gasteiger charge is -2.19. The zero-order valence-corrected chi connectivity index (χ0v) is 14.7. The number of halogens is 3. The summed E-state index contributed by atoms with van der Waals surface area (Å²) in [5.74, 6) is -0.502. The molecule has 0 fully saturated rings. The monoisotopic (exact) mass is 350 g/mol. The fraction of sp³-hybridized carbons (Fsp3) is 0.421. The van der Waals surface area contributed by atoms with Gasteiger partial charge in [-0.15, -0.1) is 0 Å². The highest BCUT2D eigenvalue weighted by atomic mass is 19.4. The third-order valence-electron chi connectivity index (χ3n) is 4.90. The van der Waals surface area contributed by atoms with Crippen molar-refractivity contribution in [3.63, 3.8) is 0 Å². The molecule has 1 N–H and O–H groups in total. The van der Waals surface area contributed by atoms with E-state index in [1.54, 1.807) is 6.07 Å². The third kappa shape index (κ3) is 3.05. The maximum atomic E-state index is 13.2. The first-order chi connectivity index (χ1) is 11.5. The molecule has 3 rings (SSSR count). The smallest absolute Gasteiger partial charge is 0.356 e. The summed E-state index contributed by atoms with van der Waals surface area (Å²) in [5.41, 5.74) is 1.45. The maximum absolute atomic E-state index is 13.2. The fourth-order valence-corrected chi connectivity index (χ4v) is 3.95. The van der Waals surface area contributed by atoms with Crippen LogP contribution in [-0.2, 0) is 18.6 Å². The number of carbonyl (C=O) groups excluding carboxylic acids is 1. The number of benzene rings is 1. The van der Waals surface area contributed by atoms with Crippen LogP contribution in [0.4, 0.5) is 18.9 Å². The van der Waals surface area contributed by atoms with Gasteiger partial charge in [0.25, 0.3) is 5.91 Å². The first kappa shape index (κ1) is 17.6. The summed E-state index contributed by atoms with van der Waals surface area (Å²) in [7, 11) is 1.47. The number of aryl methyl sites for hydroxylation is 1. The first-order valence-corrected chi connectivity index (χ1v) is 8.18. The molecule has 1 aliphatic carbocycles. The zero-order chi connectivity index (χ0) is 18.6. The van der Waals surface area contributed by atoms with Crippen molar-refractivity contribution in [3.05, 3.63) is 52.8 Å². The molecule has 3 nitrogen and oxygen atoms in total. The van der Waals surface area contributed by atoms with Gasteiger partial charge in [-0.05, 0) is 34.9 Å². The van der Waals surface area contributed by atoms with Crippen LogP contribution in [0.2, 0.25) is 0 Å². The average Bonchev–Trinajstić information content (AvgIpc) is 2.98. The number of aromatic nitrogens is 1. The van der Waals surface area contributed by atoms with Crippen LogP contribution in [0.1, 0.15) is 60.2 Å². The van der Waals surface area contributed by atoms with Gasteiger partial charge in [0.2, 0.25) is 0 Å². The number of hydrogen-bond acceptors (Lipinski definition) is 1. The highest BCUT2D eigenvalue weighted by molar-refractivity contribution is 6.06. The van der Waals surface area contributed by atoms with Gasteiger partial charge >= 0.3 is 6.18 Å². The molecular formula is C19H21F3N2O. The number of nitrogens with one attached hydrogen (secondary N) is 1. The molecule has 1 aromatic heterocycles. The summed E-state index contributed by atoms with van der Waals surface area (Å²) in [6, 6.07) is 5.62. The van der Waals surface area contributed by atoms with Crippen molar-refractivity contribution < 1.29 is 18.0 Å². The maximum Gasteiger partial charge on any atom is 0.418 e. The quantitative estimate of drug-likeness (QED) is 0.805. The predicted molar refractivity (Wildman–Crippen MR) is 90.9 cm³/mol. The van der Waals surface area contributed by atoms with Crippen LogP contribution < -0.4 is 5.32 Å². The number of fused-ring (bicyclic) bond motifs is 1. The molecule has 1 heterocycles. The number of anilines is 1. The third-order valence-corrected chi connectivity index (χ3v) is 4.90. The minimum Gasteiger partial charge on any atom is -0.356 e. The minimum absolute atomic E-state index is 0.0145. The van der Waals surface area contributed by atoms with E-state index in [0.29, 0.717) is 5.69 Å². The van der Waals surface area contributed by atoms with Crippen molar-refractivity contribution in [1.29, 1.82) is 0 Å². The Hall–Kier alpha value is -2.24. The van der Waals surface area contributed by atoms with Crippen molar-refractivity contribution in [2.75, 3.05) is 5.32 Å². The topological polar surface area (TPSA) is 34.0 Å². The van der Waals surface area contributed by atoms with Crippen molar-refractivity contribution >= 4 is 11.6 Å². The van der Waals surface area contributed by atoms with E-state index in [4.69, 9.17) is 0 Å². The van der Waals surface area contributed by atoms with Crippen LogP contribution in [0.25, 0.3) is 0 Å². The first-order valence-electron chi connectivity index (χ1n) is 8.18. The van der Waals surface area contributed by atoms with Gasteiger partial charge in [-0.25, -0.2) is 0 Å². The van der Waals surface area contributed by atoms with Crippen LogP contribution in [0.3, 0.4) is 0 Å². The van der Waals surface area contributed by atoms with Gasteiger partial charge in [-0.2, -0.15) is 13.2 Å². The lowest BCUT2D eigenvalue weighted by molar-refractivity contribution is -0.137. The Bertz CT molecular complexity index is 834. The molecule has 0 saturated heterocycles. The number of amides is 1. The molecule has 0 aliphatic heterocycles. The Morgan fingerprint density at radius 3 is 2.60 bits per heavy atom. The minimum atomic E-state index is -4.57. The lowest BCUT2D eigenvalue weighted by Crippen LogP contribution is -2.18. The zero-order valence-electron chi connectivity index (χ0n) is 14.7. The summed E-state index contributed by atoms with van der Waals surface area (Å²) in [5, 5.41) is 2.70. The van der Waals surface area contributed by atoms with E-state index in [1.165, 1.54) is 17.8 Å². The Morgan fingerprint density at radius 2 is 1.96 bits per heavy atom. The van der Waals surface area contributed by atoms with Gasteiger partial charge in [0.05, 0.1) is 11.1 Å². The molecule has 1 amide bonds. The number of rotatable bonds is 2. The van der Waals surface area contributed by atoms with Gasteiger partial charge in [0.1, 0.15) is 0 Å². The van der Waals surface area contributed by atoms with Crippen LogP contribution >= 0.6 is 0 Å². The molecule has 1 unspecified atom stereocenters. The Morgan fingerprint density at radius 1 is 1.28 bits per heavy atom. The largest absolute Gasteiger partial charge is 0.418 e.